The van der Waals surface area contributed by atoms with Gasteiger partial charge in [0.05, 0.1) is 13.3 Å². The van der Waals surface area contributed by atoms with Crippen molar-refractivity contribution in [3.05, 3.63) is 41.6 Å². The molecule has 2 rings (SSSR count). The molecule has 1 heterocycles. The molecule has 2 N–H and O–H groups in total. The summed E-state index contributed by atoms with van der Waals surface area (Å²) in [5, 5.41) is -0.0270. The number of sulfonamides is 1. The maximum absolute atomic E-state index is 13.7. The Bertz CT molecular complexity index is 743. The van der Waals surface area contributed by atoms with Gasteiger partial charge in [0, 0.05) is 6.04 Å². The van der Waals surface area contributed by atoms with Crippen LogP contribution in [0.4, 0.5) is 4.39 Å². The largest absolute Gasteiger partial charge is 0.494 e. The maximum atomic E-state index is 13.7. The first-order valence-corrected chi connectivity index (χ1v) is 7.69. The van der Waals surface area contributed by atoms with Gasteiger partial charge in [-0.25, -0.2) is 22.5 Å². The number of benzene rings is 1. The average molecular weight is 313 g/mol. The van der Waals surface area contributed by atoms with Crippen LogP contribution in [-0.4, -0.2) is 25.5 Å². The third-order valence-corrected chi connectivity index (χ3v) is 4.43. The van der Waals surface area contributed by atoms with E-state index in [0.29, 0.717) is 11.4 Å². The summed E-state index contributed by atoms with van der Waals surface area (Å²) in [6.45, 7) is 3.28. The highest BCUT2D eigenvalue weighted by Crippen LogP contribution is 2.22. The molecule has 8 heteroatoms. The van der Waals surface area contributed by atoms with Crippen molar-refractivity contribution in [2.24, 2.45) is 0 Å². The number of H-pyrrole nitrogens is 1. The van der Waals surface area contributed by atoms with Crippen LogP contribution >= 0.6 is 0 Å². The lowest BCUT2D eigenvalue weighted by Crippen LogP contribution is -2.27. The first kappa shape index (κ1) is 15.5. The first-order chi connectivity index (χ1) is 9.83. The van der Waals surface area contributed by atoms with Gasteiger partial charge in [0.25, 0.3) is 10.0 Å². The molecular formula is C13H16FN3O3S. The molecule has 1 aromatic carbocycles. The molecule has 6 nitrogen and oxygen atoms in total. The molecule has 21 heavy (non-hydrogen) atoms. The minimum atomic E-state index is -3.74. The van der Waals surface area contributed by atoms with Crippen LogP contribution in [0.15, 0.2) is 29.4 Å². The monoisotopic (exact) mass is 313 g/mol. The van der Waals surface area contributed by atoms with E-state index >= 15 is 0 Å². The van der Waals surface area contributed by atoms with Crippen LogP contribution in [-0.2, 0) is 10.0 Å². The second kappa shape index (κ2) is 5.82. The smallest absolute Gasteiger partial charge is 0.258 e. The van der Waals surface area contributed by atoms with Gasteiger partial charge in [-0.3, -0.25) is 0 Å². The molecule has 0 aliphatic carbocycles. The van der Waals surface area contributed by atoms with E-state index in [1.165, 1.54) is 25.4 Å². The van der Waals surface area contributed by atoms with E-state index in [-0.39, 0.29) is 10.8 Å². The Hall–Kier alpha value is -1.93. The van der Waals surface area contributed by atoms with E-state index in [0.717, 1.165) is 0 Å². The molecule has 1 aromatic heterocycles. The number of aryl methyl sites for hydroxylation is 1. The number of aromatic nitrogens is 2. The van der Waals surface area contributed by atoms with Crippen LogP contribution in [0, 0.1) is 12.7 Å². The standard InChI is InChI=1S/C13H16FN3O3S/c1-8(10-4-5-12(20-3)11(14)6-10)17-21(18,19)13-7-15-9(2)16-13/h4-8,17H,1-3H3,(H,15,16). The molecule has 0 bridgehead atoms. The predicted octanol–water partition coefficient (Wildman–Crippen LogP) is 1.91. The molecule has 0 aliphatic heterocycles. The zero-order valence-corrected chi connectivity index (χ0v) is 12.7. The maximum Gasteiger partial charge on any atom is 0.258 e. The Morgan fingerprint density at radius 1 is 1.43 bits per heavy atom. The molecule has 0 aliphatic rings. The highest BCUT2D eigenvalue weighted by molar-refractivity contribution is 7.89. The minimum absolute atomic E-state index is 0.0270. The van der Waals surface area contributed by atoms with Crippen LogP contribution in [0.25, 0.3) is 0 Å². The average Bonchev–Trinajstić information content (AvgIpc) is 2.85. The van der Waals surface area contributed by atoms with Crippen molar-refractivity contribution in [1.29, 1.82) is 0 Å². The number of imidazole rings is 1. The Morgan fingerprint density at radius 3 is 2.67 bits per heavy atom. The van der Waals surface area contributed by atoms with Crippen LogP contribution in [0.5, 0.6) is 5.75 Å². The number of hydrogen-bond acceptors (Lipinski definition) is 4. The number of methoxy groups -OCH3 is 1. The summed E-state index contributed by atoms with van der Waals surface area (Å²) in [6, 6.07) is 3.70. The second-order valence-corrected chi connectivity index (χ2v) is 6.25. The predicted molar refractivity (Wildman–Crippen MR) is 75.0 cm³/mol. The summed E-state index contributed by atoms with van der Waals surface area (Å²) in [5.74, 6) is 0.0648. The fourth-order valence-electron chi connectivity index (χ4n) is 1.85. The number of halogens is 1. The van der Waals surface area contributed by atoms with E-state index < -0.39 is 21.9 Å². The Balaban J connectivity index is 2.21. The SMILES string of the molecule is COc1ccc(C(C)NS(=O)(=O)c2cnc(C)[nH]2)cc1F. The van der Waals surface area contributed by atoms with Crippen LogP contribution in [0.1, 0.15) is 24.4 Å². The van der Waals surface area contributed by atoms with Gasteiger partial charge in [-0.2, -0.15) is 0 Å². The van der Waals surface area contributed by atoms with Gasteiger partial charge >= 0.3 is 0 Å². The van der Waals surface area contributed by atoms with Gasteiger partial charge in [-0.1, -0.05) is 6.07 Å². The fraction of sp³-hybridized carbons (Fsp3) is 0.308. The number of nitrogens with zero attached hydrogens (tertiary/aromatic N) is 1. The molecule has 1 unspecified atom stereocenters. The topological polar surface area (TPSA) is 84.1 Å². The summed E-state index contributed by atoms with van der Waals surface area (Å²) in [6.07, 6.45) is 1.24. The van der Waals surface area contributed by atoms with Crippen molar-refractivity contribution in [2.45, 2.75) is 24.9 Å². The Labute approximate surface area is 122 Å². The Morgan fingerprint density at radius 2 is 2.14 bits per heavy atom. The lowest BCUT2D eigenvalue weighted by Gasteiger charge is -2.14. The van der Waals surface area contributed by atoms with Crippen molar-refractivity contribution in [2.75, 3.05) is 7.11 Å². The molecule has 0 amide bonds. The minimum Gasteiger partial charge on any atom is -0.494 e. The van der Waals surface area contributed by atoms with Gasteiger partial charge in [0.2, 0.25) is 0 Å². The van der Waals surface area contributed by atoms with Crippen molar-refractivity contribution >= 4 is 10.0 Å². The van der Waals surface area contributed by atoms with Crippen LogP contribution < -0.4 is 9.46 Å². The number of aromatic amines is 1. The van der Waals surface area contributed by atoms with Crippen molar-refractivity contribution in [1.82, 2.24) is 14.7 Å². The van der Waals surface area contributed by atoms with Gasteiger partial charge in [-0.15, -0.1) is 0 Å². The molecule has 0 spiro atoms. The molecule has 0 radical (unpaired) electrons. The summed E-state index contributed by atoms with van der Waals surface area (Å²) in [4.78, 5) is 6.50. The molecule has 0 saturated carbocycles. The van der Waals surface area contributed by atoms with Crippen LogP contribution in [0.2, 0.25) is 0 Å². The third-order valence-electron chi connectivity index (χ3n) is 2.98. The van der Waals surface area contributed by atoms with E-state index in [1.807, 2.05) is 0 Å². The van der Waals surface area contributed by atoms with Gasteiger partial charge in [-0.05, 0) is 31.5 Å². The molecule has 0 saturated heterocycles. The number of rotatable bonds is 5. The molecule has 1 atom stereocenters. The van der Waals surface area contributed by atoms with Gasteiger partial charge in [0.15, 0.2) is 16.6 Å². The summed E-state index contributed by atoms with van der Waals surface area (Å²) in [5.41, 5.74) is 0.494. The van der Waals surface area contributed by atoms with E-state index in [1.54, 1.807) is 19.9 Å². The second-order valence-electron chi connectivity index (χ2n) is 4.57. The summed E-state index contributed by atoms with van der Waals surface area (Å²) < 4.78 is 45.2. The number of ether oxygens (including phenoxy) is 1. The van der Waals surface area contributed by atoms with Crippen molar-refractivity contribution in [3.8, 4) is 5.75 Å². The van der Waals surface area contributed by atoms with E-state index in [2.05, 4.69) is 14.7 Å². The summed E-state index contributed by atoms with van der Waals surface area (Å²) >= 11 is 0. The van der Waals surface area contributed by atoms with Crippen molar-refractivity contribution < 1.29 is 17.5 Å². The number of hydrogen-bond donors (Lipinski definition) is 2. The Kier molecular flexibility index (Phi) is 4.29. The van der Waals surface area contributed by atoms with Gasteiger partial charge < -0.3 is 9.72 Å². The van der Waals surface area contributed by atoms with Crippen molar-refractivity contribution in [3.63, 3.8) is 0 Å². The lowest BCUT2D eigenvalue weighted by molar-refractivity contribution is 0.386. The zero-order valence-electron chi connectivity index (χ0n) is 11.8. The highest BCUT2D eigenvalue weighted by atomic mass is 32.2. The third kappa shape index (κ3) is 3.40. The lowest BCUT2D eigenvalue weighted by atomic mass is 10.1. The molecule has 114 valence electrons. The highest BCUT2D eigenvalue weighted by Gasteiger charge is 2.21. The van der Waals surface area contributed by atoms with E-state index in [4.69, 9.17) is 4.74 Å². The normalized spacial score (nSPS) is 13.1. The van der Waals surface area contributed by atoms with Gasteiger partial charge in [0.1, 0.15) is 5.82 Å². The zero-order chi connectivity index (χ0) is 15.6. The summed E-state index contributed by atoms with van der Waals surface area (Å²) in [7, 11) is -2.37. The molecule has 0 fully saturated rings. The quantitative estimate of drug-likeness (QED) is 0.883. The first-order valence-electron chi connectivity index (χ1n) is 6.21. The molecule has 2 aromatic rings. The fourth-order valence-corrected chi connectivity index (χ4v) is 3.05. The number of nitrogens with one attached hydrogen (secondary N) is 2. The van der Waals surface area contributed by atoms with E-state index in [9.17, 15) is 12.8 Å². The molecular weight excluding hydrogens is 297 g/mol. The van der Waals surface area contributed by atoms with Crippen LogP contribution in [0.3, 0.4) is 0 Å².